The molecule has 1 heterocycles. The van der Waals surface area contributed by atoms with Crippen molar-refractivity contribution in [1.82, 2.24) is 10.2 Å². The van der Waals surface area contributed by atoms with Crippen molar-refractivity contribution in [3.63, 3.8) is 0 Å². The third-order valence-electron chi connectivity index (χ3n) is 2.90. The first-order valence-corrected chi connectivity index (χ1v) is 6.33. The van der Waals surface area contributed by atoms with Crippen LogP contribution in [0.15, 0.2) is 30.3 Å². The molecule has 1 N–H and O–H groups in total. The molecule has 0 atom stereocenters. The van der Waals surface area contributed by atoms with Gasteiger partial charge in [0, 0.05) is 18.7 Å². The topological polar surface area (TPSA) is 32.3 Å². The Morgan fingerprint density at radius 2 is 1.76 bits per heavy atom. The van der Waals surface area contributed by atoms with Crippen LogP contribution in [0.3, 0.4) is 0 Å². The van der Waals surface area contributed by atoms with Crippen LogP contribution in [-0.4, -0.2) is 29.0 Å². The summed E-state index contributed by atoms with van der Waals surface area (Å²) in [6.45, 7) is 1.67. The average molecular weight is 248 g/mol. The molecular formula is C13H16N2OS. The maximum absolute atomic E-state index is 11.9. The highest BCUT2D eigenvalue weighted by molar-refractivity contribution is 7.80. The second kappa shape index (κ2) is 5.77. The van der Waals surface area contributed by atoms with Crippen LogP contribution in [0.25, 0.3) is 0 Å². The van der Waals surface area contributed by atoms with Crippen molar-refractivity contribution >= 4 is 23.2 Å². The Kier molecular flexibility index (Phi) is 4.09. The molecule has 0 aromatic heterocycles. The number of benzene rings is 1. The van der Waals surface area contributed by atoms with Crippen LogP contribution in [0.1, 0.15) is 24.8 Å². The van der Waals surface area contributed by atoms with Crippen molar-refractivity contribution in [3.8, 4) is 0 Å². The standard InChI is InChI=1S/C13H16N2OS/c16-13(15-9-5-2-6-10-15)14-12(17)11-7-3-1-4-8-11/h1,3-4,7-8H,2,5-6,9-10H2,(H,14,16,17). The van der Waals surface area contributed by atoms with Crippen LogP contribution in [0, 0.1) is 0 Å². The summed E-state index contributed by atoms with van der Waals surface area (Å²) >= 11 is 5.21. The molecule has 2 amide bonds. The predicted octanol–water partition coefficient (Wildman–Crippen LogP) is 2.56. The third-order valence-corrected chi connectivity index (χ3v) is 3.24. The number of hydrogen-bond donors (Lipinski definition) is 1. The summed E-state index contributed by atoms with van der Waals surface area (Å²) in [6.07, 6.45) is 3.39. The van der Waals surface area contributed by atoms with Gasteiger partial charge in [0.25, 0.3) is 0 Å². The first kappa shape index (κ1) is 12.0. The first-order valence-electron chi connectivity index (χ1n) is 5.92. The van der Waals surface area contributed by atoms with E-state index in [4.69, 9.17) is 12.2 Å². The fourth-order valence-corrected chi connectivity index (χ4v) is 2.16. The zero-order valence-electron chi connectivity index (χ0n) is 9.69. The van der Waals surface area contributed by atoms with E-state index in [0.29, 0.717) is 4.99 Å². The molecule has 0 unspecified atom stereocenters. The van der Waals surface area contributed by atoms with Gasteiger partial charge in [0.15, 0.2) is 0 Å². The number of hydrogen-bond acceptors (Lipinski definition) is 2. The number of piperidine rings is 1. The van der Waals surface area contributed by atoms with Gasteiger partial charge in [-0.05, 0) is 19.3 Å². The highest BCUT2D eigenvalue weighted by atomic mass is 32.1. The smallest absolute Gasteiger partial charge is 0.322 e. The van der Waals surface area contributed by atoms with Crippen molar-refractivity contribution in [2.45, 2.75) is 19.3 Å². The van der Waals surface area contributed by atoms with Crippen molar-refractivity contribution < 1.29 is 4.79 Å². The molecule has 0 saturated carbocycles. The third kappa shape index (κ3) is 3.27. The van der Waals surface area contributed by atoms with E-state index in [1.807, 2.05) is 35.2 Å². The Morgan fingerprint density at radius 1 is 1.12 bits per heavy atom. The molecule has 0 spiro atoms. The Morgan fingerprint density at radius 3 is 2.41 bits per heavy atom. The minimum Gasteiger partial charge on any atom is -0.325 e. The lowest BCUT2D eigenvalue weighted by Gasteiger charge is -2.26. The van der Waals surface area contributed by atoms with Gasteiger partial charge in [-0.3, -0.25) is 5.32 Å². The normalized spacial score (nSPS) is 15.4. The number of nitrogens with one attached hydrogen (secondary N) is 1. The Bertz CT molecular complexity index is 399. The lowest BCUT2D eigenvalue weighted by atomic mass is 10.1. The molecule has 3 nitrogen and oxygen atoms in total. The Balaban J connectivity index is 1.92. The summed E-state index contributed by atoms with van der Waals surface area (Å²) in [7, 11) is 0. The minimum atomic E-state index is -0.0708. The van der Waals surface area contributed by atoms with Gasteiger partial charge in [-0.1, -0.05) is 42.5 Å². The van der Waals surface area contributed by atoms with Gasteiger partial charge in [0.05, 0.1) is 0 Å². The fraction of sp³-hybridized carbons (Fsp3) is 0.385. The summed E-state index contributed by atoms with van der Waals surface area (Å²) in [6, 6.07) is 9.48. The molecule has 17 heavy (non-hydrogen) atoms. The molecule has 1 aliphatic rings. The van der Waals surface area contributed by atoms with Gasteiger partial charge in [0.1, 0.15) is 4.99 Å². The number of carbonyl (C=O) groups is 1. The number of urea groups is 1. The maximum Gasteiger partial charge on any atom is 0.322 e. The summed E-state index contributed by atoms with van der Waals surface area (Å²) in [5, 5.41) is 2.78. The van der Waals surface area contributed by atoms with Crippen LogP contribution in [-0.2, 0) is 0 Å². The molecule has 1 saturated heterocycles. The second-order valence-electron chi connectivity index (χ2n) is 4.17. The molecule has 0 bridgehead atoms. The van der Waals surface area contributed by atoms with Gasteiger partial charge >= 0.3 is 6.03 Å². The molecule has 0 radical (unpaired) electrons. The first-order chi connectivity index (χ1) is 8.27. The van der Waals surface area contributed by atoms with Crippen LogP contribution in [0.2, 0.25) is 0 Å². The fourth-order valence-electron chi connectivity index (χ4n) is 1.93. The van der Waals surface area contributed by atoms with E-state index in [0.717, 1.165) is 31.5 Å². The quantitative estimate of drug-likeness (QED) is 0.775. The van der Waals surface area contributed by atoms with E-state index in [9.17, 15) is 4.79 Å². The van der Waals surface area contributed by atoms with E-state index in [1.54, 1.807) is 0 Å². The van der Waals surface area contributed by atoms with Gasteiger partial charge in [-0.15, -0.1) is 0 Å². The second-order valence-corrected chi connectivity index (χ2v) is 4.58. The number of carbonyl (C=O) groups excluding carboxylic acids is 1. The maximum atomic E-state index is 11.9. The minimum absolute atomic E-state index is 0.0708. The number of amides is 2. The summed E-state index contributed by atoms with van der Waals surface area (Å²) in [4.78, 5) is 14.2. The van der Waals surface area contributed by atoms with Crippen molar-refractivity contribution in [2.75, 3.05) is 13.1 Å². The van der Waals surface area contributed by atoms with Crippen LogP contribution in [0.5, 0.6) is 0 Å². The summed E-state index contributed by atoms with van der Waals surface area (Å²) in [5.74, 6) is 0. The van der Waals surface area contributed by atoms with Crippen LogP contribution < -0.4 is 5.32 Å². The number of nitrogens with zero attached hydrogens (tertiary/aromatic N) is 1. The van der Waals surface area contributed by atoms with Crippen LogP contribution in [0.4, 0.5) is 4.79 Å². The number of thiocarbonyl (C=S) groups is 1. The SMILES string of the molecule is O=C(NC(=S)c1ccccc1)N1CCCCC1. The number of likely N-dealkylation sites (tertiary alicyclic amines) is 1. The molecule has 1 aromatic rings. The monoisotopic (exact) mass is 248 g/mol. The molecule has 90 valence electrons. The van der Waals surface area contributed by atoms with Crippen molar-refractivity contribution in [1.29, 1.82) is 0 Å². The van der Waals surface area contributed by atoms with Crippen molar-refractivity contribution in [2.24, 2.45) is 0 Å². The molecule has 4 heteroatoms. The van der Waals surface area contributed by atoms with Gasteiger partial charge in [-0.2, -0.15) is 0 Å². The van der Waals surface area contributed by atoms with E-state index >= 15 is 0 Å². The highest BCUT2D eigenvalue weighted by Crippen LogP contribution is 2.09. The Labute approximate surface area is 107 Å². The summed E-state index contributed by atoms with van der Waals surface area (Å²) in [5.41, 5.74) is 0.882. The van der Waals surface area contributed by atoms with E-state index < -0.39 is 0 Å². The van der Waals surface area contributed by atoms with Crippen molar-refractivity contribution in [3.05, 3.63) is 35.9 Å². The van der Waals surface area contributed by atoms with Crippen LogP contribution >= 0.6 is 12.2 Å². The van der Waals surface area contributed by atoms with Gasteiger partial charge < -0.3 is 4.90 Å². The van der Waals surface area contributed by atoms with E-state index in [-0.39, 0.29) is 6.03 Å². The predicted molar refractivity (Wildman–Crippen MR) is 72.1 cm³/mol. The van der Waals surface area contributed by atoms with E-state index in [1.165, 1.54) is 6.42 Å². The molecule has 1 aliphatic heterocycles. The molecule has 2 rings (SSSR count). The average Bonchev–Trinajstić information content (AvgIpc) is 2.40. The largest absolute Gasteiger partial charge is 0.325 e. The molecular weight excluding hydrogens is 232 g/mol. The lowest BCUT2D eigenvalue weighted by molar-refractivity contribution is 0.191. The molecule has 1 aromatic carbocycles. The molecule has 1 fully saturated rings. The lowest BCUT2D eigenvalue weighted by Crippen LogP contribution is -2.44. The van der Waals surface area contributed by atoms with E-state index in [2.05, 4.69) is 5.32 Å². The zero-order valence-corrected chi connectivity index (χ0v) is 10.5. The molecule has 0 aliphatic carbocycles. The van der Waals surface area contributed by atoms with Gasteiger partial charge in [0.2, 0.25) is 0 Å². The van der Waals surface area contributed by atoms with Gasteiger partial charge in [-0.25, -0.2) is 4.79 Å². The highest BCUT2D eigenvalue weighted by Gasteiger charge is 2.17. The zero-order chi connectivity index (χ0) is 12.1. The Hall–Kier alpha value is -1.42. The number of rotatable bonds is 1. The summed E-state index contributed by atoms with van der Waals surface area (Å²) < 4.78 is 0.